The van der Waals surface area contributed by atoms with Gasteiger partial charge in [-0.2, -0.15) is 5.10 Å². The van der Waals surface area contributed by atoms with Crippen LogP contribution >= 0.6 is 0 Å². The van der Waals surface area contributed by atoms with Crippen LogP contribution in [0.25, 0.3) is 5.52 Å². The first-order valence-electron chi connectivity index (χ1n) is 4.24. The molecule has 0 fully saturated rings. The van der Waals surface area contributed by atoms with E-state index >= 15 is 0 Å². The third-order valence-electron chi connectivity index (χ3n) is 2.06. The fourth-order valence-electron chi connectivity index (χ4n) is 1.39. The highest BCUT2D eigenvalue weighted by Gasteiger charge is 1.96. The number of fused-ring (bicyclic) bond motifs is 1. The first-order valence-corrected chi connectivity index (χ1v) is 4.24. The molecule has 0 spiro atoms. The highest BCUT2D eigenvalue weighted by atomic mass is 15.2. The van der Waals surface area contributed by atoms with E-state index in [1.54, 1.807) is 0 Å². The summed E-state index contributed by atoms with van der Waals surface area (Å²) in [6, 6.07) is 6.39. The molecule has 0 N–H and O–H groups in total. The lowest BCUT2D eigenvalue weighted by atomic mass is 10.2. The van der Waals surface area contributed by atoms with Crippen molar-refractivity contribution < 1.29 is 0 Å². The number of hydrogen-bond donors (Lipinski definition) is 0. The maximum atomic E-state index is 4.31. The average Bonchev–Trinajstić information content (AvgIpc) is 2.43. The van der Waals surface area contributed by atoms with Gasteiger partial charge in [0.1, 0.15) is 0 Å². The zero-order chi connectivity index (χ0) is 8.55. The van der Waals surface area contributed by atoms with E-state index in [0.717, 1.165) is 12.1 Å². The molecule has 0 unspecified atom stereocenters. The minimum Gasteiger partial charge on any atom is -0.241 e. The zero-order valence-electron chi connectivity index (χ0n) is 7.41. The Labute approximate surface area is 71.8 Å². The van der Waals surface area contributed by atoms with Crippen LogP contribution < -0.4 is 0 Å². The van der Waals surface area contributed by atoms with E-state index < -0.39 is 0 Å². The molecule has 0 aliphatic heterocycles. The van der Waals surface area contributed by atoms with Gasteiger partial charge in [0.2, 0.25) is 0 Å². The number of pyridine rings is 1. The van der Waals surface area contributed by atoms with Crippen molar-refractivity contribution in [3.63, 3.8) is 0 Å². The Kier molecular flexibility index (Phi) is 1.61. The van der Waals surface area contributed by atoms with Crippen LogP contribution in [0.15, 0.2) is 24.4 Å². The second-order valence-corrected chi connectivity index (χ2v) is 3.04. The van der Waals surface area contributed by atoms with Gasteiger partial charge in [-0.1, -0.05) is 6.92 Å². The van der Waals surface area contributed by atoms with Crippen molar-refractivity contribution in [3.8, 4) is 0 Å². The molecule has 2 nitrogen and oxygen atoms in total. The predicted molar refractivity (Wildman–Crippen MR) is 49.3 cm³/mol. The molecule has 2 aromatic heterocycles. The molecular weight excluding hydrogens is 148 g/mol. The van der Waals surface area contributed by atoms with Crippen LogP contribution in [0.4, 0.5) is 0 Å². The van der Waals surface area contributed by atoms with E-state index in [9.17, 15) is 0 Å². The first kappa shape index (κ1) is 7.35. The molecule has 0 bridgehead atoms. The van der Waals surface area contributed by atoms with Crippen LogP contribution in [-0.2, 0) is 6.42 Å². The van der Waals surface area contributed by atoms with Crippen LogP contribution in [0.2, 0.25) is 0 Å². The number of hydrogen-bond acceptors (Lipinski definition) is 1. The molecule has 0 aliphatic carbocycles. The lowest BCUT2D eigenvalue weighted by Crippen LogP contribution is -1.88. The summed E-state index contributed by atoms with van der Waals surface area (Å²) >= 11 is 0. The Balaban J connectivity index is 2.66. The summed E-state index contributed by atoms with van der Waals surface area (Å²) in [6.07, 6.45) is 3.10. The summed E-state index contributed by atoms with van der Waals surface area (Å²) in [7, 11) is 0. The topological polar surface area (TPSA) is 17.3 Å². The molecular formula is C10H12N2. The zero-order valence-corrected chi connectivity index (χ0v) is 7.41. The SMILES string of the molecule is CCc1ccn2nc(C)cc2c1. The highest BCUT2D eigenvalue weighted by molar-refractivity contribution is 5.49. The van der Waals surface area contributed by atoms with E-state index in [-0.39, 0.29) is 0 Å². The molecule has 2 rings (SSSR count). The Morgan fingerprint density at radius 1 is 1.42 bits per heavy atom. The van der Waals surface area contributed by atoms with Gasteiger partial charge in [-0.05, 0) is 37.1 Å². The summed E-state index contributed by atoms with van der Waals surface area (Å²) in [5.41, 5.74) is 3.62. The Hall–Kier alpha value is -1.31. The third-order valence-corrected chi connectivity index (χ3v) is 2.06. The van der Waals surface area contributed by atoms with Crippen molar-refractivity contribution in [1.82, 2.24) is 9.61 Å². The lowest BCUT2D eigenvalue weighted by Gasteiger charge is -1.96. The van der Waals surface area contributed by atoms with Gasteiger partial charge in [-0.3, -0.25) is 0 Å². The standard InChI is InChI=1S/C10H12N2/c1-3-9-4-5-12-10(7-9)6-8(2)11-12/h4-7H,3H2,1-2H3. The molecule has 12 heavy (non-hydrogen) atoms. The van der Waals surface area contributed by atoms with Crippen LogP contribution in [0, 0.1) is 6.92 Å². The monoisotopic (exact) mass is 160 g/mol. The van der Waals surface area contributed by atoms with Gasteiger partial charge in [0.05, 0.1) is 11.2 Å². The Bertz CT molecular complexity index is 401. The minimum atomic E-state index is 1.07. The molecule has 2 heteroatoms. The molecule has 0 atom stereocenters. The third kappa shape index (κ3) is 1.09. The van der Waals surface area contributed by atoms with E-state index in [2.05, 4.69) is 30.2 Å². The second kappa shape index (κ2) is 2.63. The van der Waals surface area contributed by atoms with E-state index in [4.69, 9.17) is 0 Å². The molecule has 0 aromatic carbocycles. The molecule has 0 saturated heterocycles. The van der Waals surface area contributed by atoms with E-state index in [1.165, 1.54) is 11.1 Å². The fourth-order valence-corrected chi connectivity index (χ4v) is 1.39. The predicted octanol–water partition coefficient (Wildman–Crippen LogP) is 2.21. The maximum Gasteiger partial charge on any atom is 0.0667 e. The summed E-state index contributed by atoms with van der Waals surface area (Å²) in [5, 5.41) is 4.31. The number of aryl methyl sites for hydroxylation is 2. The Morgan fingerprint density at radius 2 is 2.25 bits per heavy atom. The summed E-state index contributed by atoms with van der Waals surface area (Å²) < 4.78 is 1.91. The number of aromatic nitrogens is 2. The molecule has 62 valence electrons. The van der Waals surface area contributed by atoms with Crippen molar-refractivity contribution >= 4 is 5.52 Å². The van der Waals surface area contributed by atoms with Crippen molar-refractivity contribution in [2.24, 2.45) is 0 Å². The summed E-state index contributed by atoms with van der Waals surface area (Å²) in [5.74, 6) is 0. The molecule has 0 amide bonds. The van der Waals surface area contributed by atoms with Crippen molar-refractivity contribution in [1.29, 1.82) is 0 Å². The highest BCUT2D eigenvalue weighted by Crippen LogP contribution is 2.08. The number of nitrogens with zero attached hydrogens (tertiary/aromatic N) is 2. The maximum absolute atomic E-state index is 4.31. The van der Waals surface area contributed by atoms with Crippen LogP contribution in [0.3, 0.4) is 0 Å². The Morgan fingerprint density at radius 3 is 3.00 bits per heavy atom. The molecule has 0 aliphatic rings. The largest absolute Gasteiger partial charge is 0.241 e. The van der Waals surface area contributed by atoms with Crippen molar-refractivity contribution in [2.45, 2.75) is 20.3 Å². The number of rotatable bonds is 1. The molecule has 2 heterocycles. The lowest BCUT2D eigenvalue weighted by molar-refractivity contribution is 0.927. The van der Waals surface area contributed by atoms with Crippen molar-refractivity contribution in [2.75, 3.05) is 0 Å². The second-order valence-electron chi connectivity index (χ2n) is 3.04. The average molecular weight is 160 g/mol. The summed E-state index contributed by atoms with van der Waals surface area (Å²) in [6.45, 7) is 4.17. The molecule has 0 saturated carbocycles. The van der Waals surface area contributed by atoms with E-state index in [1.807, 2.05) is 17.6 Å². The fraction of sp³-hybridized carbons (Fsp3) is 0.300. The summed E-state index contributed by atoms with van der Waals surface area (Å²) in [4.78, 5) is 0. The molecule has 0 radical (unpaired) electrons. The van der Waals surface area contributed by atoms with E-state index in [0.29, 0.717) is 0 Å². The minimum absolute atomic E-state index is 1.07. The molecule has 2 aromatic rings. The van der Waals surface area contributed by atoms with Crippen LogP contribution in [0.5, 0.6) is 0 Å². The van der Waals surface area contributed by atoms with Gasteiger partial charge in [-0.15, -0.1) is 0 Å². The van der Waals surface area contributed by atoms with Gasteiger partial charge < -0.3 is 0 Å². The van der Waals surface area contributed by atoms with Gasteiger partial charge in [0.25, 0.3) is 0 Å². The normalized spacial score (nSPS) is 10.8. The smallest absolute Gasteiger partial charge is 0.0667 e. The quantitative estimate of drug-likeness (QED) is 0.625. The van der Waals surface area contributed by atoms with Crippen LogP contribution in [0.1, 0.15) is 18.2 Å². The van der Waals surface area contributed by atoms with Crippen LogP contribution in [-0.4, -0.2) is 9.61 Å². The van der Waals surface area contributed by atoms with Gasteiger partial charge >= 0.3 is 0 Å². The van der Waals surface area contributed by atoms with Crippen molar-refractivity contribution in [3.05, 3.63) is 35.7 Å². The van der Waals surface area contributed by atoms with Gasteiger partial charge in [0, 0.05) is 6.20 Å². The van der Waals surface area contributed by atoms with Gasteiger partial charge in [-0.25, -0.2) is 4.52 Å². The first-order chi connectivity index (χ1) is 5.79. The van der Waals surface area contributed by atoms with Gasteiger partial charge in [0.15, 0.2) is 0 Å².